The topological polar surface area (TPSA) is 54.0 Å². The molecule has 1 amide bonds. The zero-order chi connectivity index (χ0) is 17.9. The first-order chi connectivity index (χ1) is 12.7. The maximum absolute atomic E-state index is 12.4. The summed E-state index contributed by atoms with van der Waals surface area (Å²) in [6.07, 6.45) is 7.03. The van der Waals surface area contributed by atoms with Crippen molar-refractivity contribution < 1.29 is 4.79 Å². The molecule has 1 saturated carbocycles. The first kappa shape index (κ1) is 23.1. The Balaban J connectivity index is 0.00000140. The minimum atomic E-state index is 0. The molecule has 0 radical (unpaired) electrons. The average molecular weight is 442 g/mol. The fourth-order valence-corrected chi connectivity index (χ4v) is 4.93. The molecule has 7 heteroatoms. The second-order valence-corrected chi connectivity index (χ2v) is 8.66. The van der Waals surface area contributed by atoms with E-state index in [1.807, 2.05) is 6.92 Å². The van der Waals surface area contributed by atoms with Crippen molar-refractivity contribution in [2.45, 2.75) is 57.5 Å². The highest BCUT2D eigenvalue weighted by Gasteiger charge is 2.37. The molecule has 0 bridgehead atoms. The number of hydrogen-bond acceptors (Lipinski definition) is 4. The van der Waals surface area contributed by atoms with Gasteiger partial charge in [0.2, 0.25) is 5.91 Å². The Hall–Kier alpha value is -1.14. The molecule has 3 unspecified atom stereocenters. The molecule has 2 aromatic rings. The van der Waals surface area contributed by atoms with Crippen LogP contribution in [0.25, 0.3) is 11.3 Å². The maximum Gasteiger partial charge on any atom is 0.237 e. The third-order valence-electron chi connectivity index (χ3n) is 5.76. The van der Waals surface area contributed by atoms with Crippen LogP contribution in [-0.4, -0.2) is 29.5 Å². The summed E-state index contributed by atoms with van der Waals surface area (Å²) in [5.41, 5.74) is 3.44. The van der Waals surface area contributed by atoms with Gasteiger partial charge in [-0.05, 0) is 44.1 Å². The Morgan fingerprint density at radius 2 is 1.96 bits per heavy atom. The molecule has 154 valence electrons. The highest BCUT2D eigenvalue weighted by atomic mass is 35.5. The van der Waals surface area contributed by atoms with Gasteiger partial charge in [0.1, 0.15) is 0 Å². The van der Waals surface area contributed by atoms with E-state index in [4.69, 9.17) is 0 Å². The molecular weight excluding hydrogens is 413 g/mol. The summed E-state index contributed by atoms with van der Waals surface area (Å²) in [5.74, 6) is 0.885. The van der Waals surface area contributed by atoms with Crippen LogP contribution >= 0.6 is 36.2 Å². The van der Waals surface area contributed by atoms with Gasteiger partial charge in [-0.25, -0.2) is 4.98 Å². The lowest BCUT2D eigenvalue weighted by molar-refractivity contribution is -0.122. The number of nitrogens with one attached hydrogen (secondary N) is 2. The number of halogens is 2. The lowest BCUT2D eigenvalue weighted by atomic mass is 9.85. The summed E-state index contributed by atoms with van der Waals surface area (Å²) >= 11 is 1.68. The summed E-state index contributed by atoms with van der Waals surface area (Å²) < 4.78 is 0. The third-order valence-corrected chi connectivity index (χ3v) is 6.53. The Bertz CT molecular complexity index is 751. The van der Waals surface area contributed by atoms with Crippen molar-refractivity contribution in [2.75, 3.05) is 6.54 Å². The number of amides is 1. The van der Waals surface area contributed by atoms with Crippen molar-refractivity contribution in [3.8, 4) is 11.3 Å². The summed E-state index contributed by atoms with van der Waals surface area (Å²) in [5, 5.41) is 9.86. The Labute approximate surface area is 183 Å². The number of hydrogen-bond donors (Lipinski definition) is 2. The van der Waals surface area contributed by atoms with Gasteiger partial charge in [0.05, 0.1) is 16.7 Å². The molecule has 1 aliphatic heterocycles. The molecular formula is C21H29Cl2N3OS. The smallest absolute Gasteiger partial charge is 0.237 e. The van der Waals surface area contributed by atoms with E-state index in [1.165, 1.54) is 31.2 Å². The van der Waals surface area contributed by atoms with Gasteiger partial charge in [-0.2, -0.15) is 0 Å². The fraction of sp³-hybridized carbons (Fsp3) is 0.524. The van der Waals surface area contributed by atoms with Gasteiger partial charge in [-0.15, -0.1) is 36.2 Å². The first-order valence-electron chi connectivity index (χ1n) is 9.74. The normalized spacial score (nSPS) is 23.2. The standard InChI is InChI=1S/C21H27N3OS.2ClH/c1-14-23-20(13-26-14)16-8-6-15(7-9-16)10-11-22-21(25)19-12-17-4-2-3-5-18(17)24-19;;/h6-9,13,17-19,24H,2-5,10-12H2,1H3,(H,22,25);2*1H. The molecule has 3 atom stereocenters. The quantitative estimate of drug-likeness (QED) is 0.715. The van der Waals surface area contributed by atoms with Crippen molar-refractivity contribution in [1.82, 2.24) is 15.6 Å². The van der Waals surface area contributed by atoms with Crippen molar-refractivity contribution in [1.29, 1.82) is 0 Å². The molecule has 1 aliphatic carbocycles. The van der Waals surface area contributed by atoms with E-state index in [0.717, 1.165) is 29.1 Å². The zero-order valence-corrected chi connectivity index (χ0v) is 18.6. The van der Waals surface area contributed by atoms with E-state index < -0.39 is 0 Å². The number of rotatable bonds is 5. The van der Waals surface area contributed by atoms with Crippen molar-refractivity contribution in [3.63, 3.8) is 0 Å². The molecule has 2 aliphatic rings. The lowest BCUT2D eigenvalue weighted by Gasteiger charge is -2.24. The van der Waals surface area contributed by atoms with Crippen LogP contribution in [-0.2, 0) is 11.2 Å². The second kappa shape index (κ2) is 10.6. The van der Waals surface area contributed by atoms with Gasteiger partial charge in [0.15, 0.2) is 0 Å². The predicted octanol–water partition coefficient (Wildman–Crippen LogP) is 4.54. The molecule has 4 nitrogen and oxygen atoms in total. The van der Waals surface area contributed by atoms with Gasteiger partial charge in [0.25, 0.3) is 0 Å². The molecule has 2 heterocycles. The van der Waals surface area contributed by atoms with Crippen molar-refractivity contribution in [2.24, 2.45) is 5.92 Å². The molecule has 28 heavy (non-hydrogen) atoms. The first-order valence-corrected chi connectivity index (χ1v) is 10.6. The second-order valence-electron chi connectivity index (χ2n) is 7.60. The number of benzene rings is 1. The lowest BCUT2D eigenvalue weighted by Crippen LogP contribution is -2.43. The largest absolute Gasteiger partial charge is 0.354 e. The number of carbonyl (C=O) groups excluding carboxylic acids is 1. The molecule has 1 aromatic heterocycles. The number of fused-ring (bicyclic) bond motifs is 1. The molecule has 0 spiro atoms. The van der Waals surface area contributed by atoms with Crippen LogP contribution in [0.3, 0.4) is 0 Å². The Morgan fingerprint density at radius 3 is 2.64 bits per heavy atom. The summed E-state index contributed by atoms with van der Waals surface area (Å²) in [6.45, 7) is 2.72. The number of aromatic nitrogens is 1. The van der Waals surface area contributed by atoms with E-state index in [-0.39, 0.29) is 36.8 Å². The van der Waals surface area contributed by atoms with E-state index in [0.29, 0.717) is 18.5 Å². The van der Waals surface area contributed by atoms with E-state index >= 15 is 0 Å². The SMILES string of the molecule is Cc1nc(-c2ccc(CCNC(=O)C3CC4CCCCC4N3)cc2)cs1.Cl.Cl. The number of thiazole rings is 1. The molecule has 1 aromatic carbocycles. The highest BCUT2D eigenvalue weighted by Crippen LogP contribution is 2.33. The number of aryl methyl sites for hydroxylation is 1. The Kier molecular flexibility index (Phi) is 8.75. The number of carbonyl (C=O) groups is 1. The van der Waals surface area contributed by atoms with Crippen LogP contribution < -0.4 is 10.6 Å². The third kappa shape index (κ3) is 5.47. The van der Waals surface area contributed by atoms with Crippen LogP contribution in [0.1, 0.15) is 42.7 Å². The Morgan fingerprint density at radius 1 is 1.21 bits per heavy atom. The van der Waals surface area contributed by atoms with E-state index in [9.17, 15) is 4.79 Å². The molecule has 2 fully saturated rings. The monoisotopic (exact) mass is 441 g/mol. The minimum absolute atomic E-state index is 0. The fourth-order valence-electron chi connectivity index (χ4n) is 4.31. The van der Waals surface area contributed by atoms with E-state index in [2.05, 4.69) is 45.3 Å². The van der Waals surface area contributed by atoms with E-state index in [1.54, 1.807) is 11.3 Å². The summed E-state index contributed by atoms with van der Waals surface area (Å²) in [6, 6.07) is 9.10. The minimum Gasteiger partial charge on any atom is -0.354 e. The van der Waals surface area contributed by atoms with Gasteiger partial charge in [-0.1, -0.05) is 37.1 Å². The number of nitrogens with zero attached hydrogens (tertiary/aromatic N) is 1. The van der Waals surface area contributed by atoms with Crippen LogP contribution in [0.4, 0.5) is 0 Å². The maximum atomic E-state index is 12.4. The van der Waals surface area contributed by atoms with Crippen LogP contribution in [0.15, 0.2) is 29.6 Å². The molecule has 1 saturated heterocycles. The van der Waals surface area contributed by atoms with Gasteiger partial charge in [-0.3, -0.25) is 4.79 Å². The van der Waals surface area contributed by atoms with Crippen molar-refractivity contribution in [3.05, 3.63) is 40.2 Å². The van der Waals surface area contributed by atoms with Crippen LogP contribution in [0.5, 0.6) is 0 Å². The predicted molar refractivity (Wildman–Crippen MR) is 121 cm³/mol. The van der Waals surface area contributed by atoms with Crippen molar-refractivity contribution >= 4 is 42.1 Å². The zero-order valence-electron chi connectivity index (χ0n) is 16.1. The molecule has 4 rings (SSSR count). The molecule has 2 N–H and O–H groups in total. The summed E-state index contributed by atoms with van der Waals surface area (Å²) in [7, 11) is 0. The van der Waals surface area contributed by atoms with Gasteiger partial charge in [0, 0.05) is 23.5 Å². The van der Waals surface area contributed by atoms with Crippen LogP contribution in [0, 0.1) is 12.8 Å². The summed E-state index contributed by atoms with van der Waals surface area (Å²) in [4.78, 5) is 17.0. The van der Waals surface area contributed by atoms with Gasteiger partial charge >= 0.3 is 0 Å². The highest BCUT2D eigenvalue weighted by molar-refractivity contribution is 7.09. The van der Waals surface area contributed by atoms with Crippen LogP contribution in [0.2, 0.25) is 0 Å². The van der Waals surface area contributed by atoms with Gasteiger partial charge < -0.3 is 10.6 Å². The average Bonchev–Trinajstić information content (AvgIpc) is 3.28.